The Balaban J connectivity index is 1.71. The van der Waals surface area contributed by atoms with Crippen LogP contribution in [0, 0.1) is 17.8 Å². The van der Waals surface area contributed by atoms with Gasteiger partial charge in [0.25, 0.3) is 0 Å². The van der Waals surface area contributed by atoms with Gasteiger partial charge in [-0.25, -0.2) is 0 Å². The van der Waals surface area contributed by atoms with Crippen molar-refractivity contribution in [1.82, 2.24) is 4.90 Å². The summed E-state index contributed by atoms with van der Waals surface area (Å²) in [6, 6.07) is 8.56. The molecule has 1 saturated heterocycles. The van der Waals surface area contributed by atoms with Crippen LogP contribution in [-0.2, 0) is 11.2 Å². The molecule has 1 amide bonds. The highest BCUT2D eigenvalue weighted by Gasteiger charge is 2.36. The number of amides is 1. The zero-order valence-electron chi connectivity index (χ0n) is 13.3. The van der Waals surface area contributed by atoms with Crippen LogP contribution >= 0.6 is 0 Å². The number of carbonyl (C=O) groups is 1. The number of benzene rings is 1. The van der Waals surface area contributed by atoms with Gasteiger partial charge in [0, 0.05) is 24.8 Å². The molecule has 2 aliphatic heterocycles. The molecule has 0 aromatic heterocycles. The van der Waals surface area contributed by atoms with Crippen molar-refractivity contribution in [3.05, 3.63) is 29.8 Å². The van der Waals surface area contributed by atoms with Crippen LogP contribution in [0.4, 0.5) is 5.69 Å². The smallest absolute Gasteiger partial charge is 0.228 e. The van der Waals surface area contributed by atoms with Crippen molar-refractivity contribution >= 4 is 11.6 Å². The summed E-state index contributed by atoms with van der Waals surface area (Å²) in [6.45, 7) is 8.54. The lowest BCUT2D eigenvalue weighted by Crippen LogP contribution is -2.44. The Morgan fingerprint density at radius 3 is 2.81 bits per heavy atom. The van der Waals surface area contributed by atoms with Crippen LogP contribution < -0.4 is 5.32 Å². The quantitative estimate of drug-likeness (QED) is 0.905. The third kappa shape index (κ3) is 2.78. The molecule has 114 valence electrons. The molecule has 0 saturated carbocycles. The zero-order chi connectivity index (χ0) is 15.0. The topological polar surface area (TPSA) is 32.3 Å². The molecule has 3 nitrogen and oxygen atoms in total. The maximum atomic E-state index is 12.9. The van der Waals surface area contributed by atoms with Gasteiger partial charge in [0.1, 0.15) is 0 Å². The van der Waals surface area contributed by atoms with E-state index in [4.69, 9.17) is 0 Å². The van der Waals surface area contributed by atoms with E-state index < -0.39 is 0 Å². The van der Waals surface area contributed by atoms with Crippen molar-refractivity contribution in [1.29, 1.82) is 0 Å². The van der Waals surface area contributed by atoms with E-state index in [1.807, 2.05) is 0 Å². The Kier molecular flexibility index (Phi) is 3.92. The summed E-state index contributed by atoms with van der Waals surface area (Å²) >= 11 is 0. The molecule has 0 aliphatic carbocycles. The lowest BCUT2D eigenvalue weighted by molar-refractivity contribution is -0.135. The molecule has 0 spiro atoms. The molecule has 3 unspecified atom stereocenters. The molecular weight excluding hydrogens is 260 g/mol. The zero-order valence-corrected chi connectivity index (χ0v) is 13.3. The Morgan fingerprint density at radius 1 is 1.33 bits per heavy atom. The standard InChI is InChI=1S/C18H26N2O/c1-12(2)15-8-9-20(11-15)18(21)16-10-14-6-4-5-7-17(14)19-13(16)3/h4-7,12-13,15-16,19H,8-11H2,1-3H3. The molecule has 21 heavy (non-hydrogen) atoms. The number of likely N-dealkylation sites (tertiary alicyclic amines) is 1. The maximum absolute atomic E-state index is 12.9. The van der Waals surface area contributed by atoms with Gasteiger partial charge in [-0.15, -0.1) is 0 Å². The first-order valence-electron chi connectivity index (χ1n) is 8.19. The van der Waals surface area contributed by atoms with E-state index in [0.717, 1.165) is 25.9 Å². The second-order valence-electron chi connectivity index (χ2n) is 6.98. The van der Waals surface area contributed by atoms with Crippen molar-refractivity contribution < 1.29 is 4.79 Å². The average Bonchev–Trinajstić information content (AvgIpc) is 2.96. The third-order valence-corrected chi connectivity index (χ3v) is 5.24. The number of rotatable bonds is 2. The number of carbonyl (C=O) groups excluding carboxylic acids is 1. The van der Waals surface area contributed by atoms with Crippen LogP contribution in [0.5, 0.6) is 0 Å². The SMILES string of the molecule is CC(C)C1CCN(C(=O)C2Cc3ccccc3NC2C)C1. The molecule has 1 N–H and O–H groups in total. The Morgan fingerprint density at radius 2 is 2.10 bits per heavy atom. The van der Waals surface area contributed by atoms with Crippen molar-refractivity contribution in [3.8, 4) is 0 Å². The number of nitrogens with one attached hydrogen (secondary N) is 1. The molecule has 2 aliphatic rings. The maximum Gasteiger partial charge on any atom is 0.228 e. The molecule has 2 heterocycles. The summed E-state index contributed by atoms with van der Waals surface area (Å²) < 4.78 is 0. The summed E-state index contributed by atoms with van der Waals surface area (Å²) in [5, 5.41) is 3.50. The van der Waals surface area contributed by atoms with Crippen LogP contribution in [0.2, 0.25) is 0 Å². The highest BCUT2D eigenvalue weighted by atomic mass is 16.2. The predicted octanol–water partition coefficient (Wildman–Crippen LogP) is 3.16. The van der Waals surface area contributed by atoms with Crippen LogP contribution in [0.15, 0.2) is 24.3 Å². The molecular formula is C18H26N2O. The summed E-state index contributed by atoms with van der Waals surface area (Å²) in [5.74, 6) is 1.76. The van der Waals surface area contributed by atoms with Crippen LogP contribution in [-0.4, -0.2) is 29.9 Å². The first-order chi connectivity index (χ1) is 10.1. The molecule has 3 heteroatoms. The molecule has 1 aromatic carbocycles. The van der Waals surface area contributed by atoms with Gasteiger partial charge in [-0.3, -0.25) is 4.79 Å². The minimum atomic E-state index is 0.0748. The van der Waals surface area contributed by atoms with Gasteiger partial charge in [0.2, 0.25) is 5.91 Å². The highest BCUT2D eigenvalue weighted by Crippen LogP contribution is 2.31. The van der Waals surface area contributed by atoms with Gasteiger partial charge in [-0.2, -0.15) is 0 Å². The first-order valence-corrected chi connectivity index (χ1v) is 8.19. The van der Waals surface area contributed by atoms with Crippen molar-refractivity contribution in [3.63, 3.8) is 0 Å². The fourth-order valence-corrected chi connectivity index (χ4v) is 3.67. The van der Waals surface area contributed by atoms with Gasteiger partial charge in [0.05, 0.1) is 5.92 Å². The minimum Gasteiger partial charge on any atom is -0.382 e. The number of para-hydroxylation sites is 1. The number of hydrogen-bond acceptors (Lipinski definition) is 2. The molecule has 1 fully saturated rings. The number of hydrogen-bond donors (Lipinski definition) is 1. The van der Waals surface area contributed by atoms with Crippen molar-refractivity contribution in [2.75, 3.05) is 18.4 Å². The minimum absolute atomic E-state index is 0.0748. The molecule has 1 aromatic rings. The van der Waals surface area contributed by atoms with E-state index in [2.05, 4.69) is 55.3 Å². The number of nitrogens with zero attached hydrogens (tertiary/aromatic N) is 1. The monoisotopic (exact) mass is 286 g/mol. The second-order valence-corrected chi connectivity index (χ2v) is 6.98. The van der Waals surface area contributed by atoms with E-state index in [0.29, 0.717) is 17.7 Å². The molecule has 0 radical (unpaired) electrons. The molecule has 0 bridgehead atoms. The molecule has 3 atom stereocenters. The normalized spacial score (nSPS) is 28.4. The van der Waals surface area contributed by atoms with Gasteiger partial charge < -0.3 is 10.2 Å². The van der Waals surface area contributed by atoms with E-state index >= 15 is 0 Å². The van der Waals surface area contributed by atoms with Crippen LogP contribution in [0.1, 0.15) is 32.8 Å². The van der Waals surface area contributed by atoms with Crippen molar-refractivity contribution in [2.45, 2.75) is 39.7 Å². The third-order valence-electron chi connectivity index (χ3n) is 5.24. The van der Waals surface area contributed by atoms with Gasteiger partial charge in [-0.05, 0) is 43.2 Å². The summed E-state index contributed by atoms with van der Waals surface area (Å²) in [7, 11) is 0. The Hall–Kier alpha value is -1.51. The fourth-order valence-electron chi connectivity index (χ4n) is 3.67. The number of fused-ring (bicyclic) bond motifs is 1. The van der Waals surface area contributed by atoms with Gasteiger partial charge in [-0.1, -0.05) is 32.0 Å². The Labute approximate surface area is 127 Å². The summed E-state index contributed by atoms with van der Waals surface area (Å²) in [4.78, 5) is 15.0. The average molecular weight is 286 g/mol. The van der Waals surface area contributed by atoms with Crippen LogP contribution in [0.3, 0.4) is 0 Å². The summed E-state index contributed by atoms with van der Waals surface area (Å²) in [5.41, 5.74) is 2.46. The van der Waals surface area contributed by atoms with Gasteiger partial charge >= 0.3 is 0 Å². The molecule has 3 rings (SSSR count). The summed E-state index contributed by atoms with van der Waals surface area (Å²) in [6.07, 6.45) is 2.03. The fraction of sp³-hybridized carbons (Fsp3) is 0.611. The predicted molar refractivity (Wildman–Crippen MR) is 86.2 cm³/mol. The van der Waals surface area contributed by atoms with E-state index in [-0.39, 0.29) is 12.0 Å². The highest BCUT2D eigenvalue weighted by molar-refractivity contribution is 5.82. The lowest BCUT2D eigenvalue weighted by atomic mass is 9.87. The van der Waals surface area contributed by atoms with E-state index in [9.17, 15) is 4.79 Å². The first kappa shape index (κ1) is 14.4. The van der Waals surface area contributed by atoms with E-state index in [1.54, 1.807) is 0 Å². The van der Waals surface area contributed by atoms with Gasteiger partial charge in [0.15, 0.2) is 0 Å². The number of anilines is 1. The van der Waals surface area contributed by atoms with E-state index in [1.165, 1.54) is 11.3 Å². The lowest BCUT2D eigenvalue weighted by Gasteiger charge is -2.34. The van der Waals surface area contributed by atoms with Crippen LogP contribution in [0.25, 0.3) is 0 Å². The Bertz CT molecular complexity index is 526. The largest absolute Gasteiger partial charge is 0.382 e. The van der Waals surface area contributed by atoms with Crippen molar-refractivity contribution in [2.24, 2.45) is 17.8 Å². The second kappa shape index (κ2) is 5.70.